The van der Waals surface area contributed by atoms with Crippen molar-refractivity contribution >= 4 is 17.5 Å². The van der Waals surface area contributed by atoms with E-state index in [9.17, 15) is 14.3 Å². The van der Waals surface area contributed by atoms with Gasteiger partial charge in [0.25, 0.3) is 5.91 Å². The maximum Gasteiger partial charge on any atom is 0.253 e. The number of halogens is 2. The first-order valence-corrected chi connectivity index (χ1v) is 5.95. The number of rotatable bonds is 3. The summed E-state index contributed by atoms with van der Waals surface area (Å²) in [4.78, 5) is 11.9. The van der Waals surface area contributed by atoms with Gasteiger partial charge in [0, 0.05) is 6.54 Å². The van der Waals surface area contributed by atoms with Crippen LogP contribution in [-0.2, 0) is 6.54 Å². The van der Waals surface area contributed by atoms with Crippen LogP contribution in [0.25, 0.3) is 0 Å². The molecule has 3 nitrogen and oxygen atoms in total. The number of carbonyl (C=O) groups is 1. The lowest BCUT2D eigenvalue weighted by atomic mass is 10.2. The van der Waals surface area contributed by atoms with Gasteiger partial charge in [-0.15, -0.1) is 0 Å². The second kappa shape index (κ2) is 5.71. The van der Waals surface area contributed by atoms with Crippen molar-refractivity contribution in [1.29, 1.82) is 0 Å². The number of aromatic hydroxyl groups is 1. The molecular formula is C14H11ClFNO2. The monoisotopic (exact) mass is 279 g/mol. The zero-order chi connectivity index (χ0) is 13.8. The maximum absolute atomic E-state index is 13.0. The molecule has 0 spiro atoms. The number of carbonyl (C=O) groups excluding carboxylic acids is 1. The Morgan fingerprint density at radius 3 is 2.79 bits per heavy atom. The van der Waals surface area contributed by atoms with Crippen LogP contribution < -0.4 is 5.32 Å². The predicted octanol–water partition coefficient (Wildman–Crippen LogP) is 3.11. The van der Waals surface area contributed by atoms with Crippen molar-refractivity contribution in [2.75, 3.05) is 0 Å². The Morgan fingerprint density at radius 1 is 1.26 bits per heavy atom. The quantitative estimate of drug-likeness (QED) is 0.907. The van der Waals surface area contributed by atoms with Crippen LogP contribution in [0.5, 0.6) is 5.75 Å². The van der Waals surface area contributed by atoms with E-state index >= 15 is 0 Å². The molecule has 2 aromatic carbocycles. The Bertz CT molecular complexity index is 616. The Balaban J connectivity index is 2.07. The van der Waals surface area contributed by atoms with Gasteiger partial charge < -0.3 is 10.4 Å². The lowest BCUT2D eigenvalue weighted by Crippen LogP contribution is -2.23. The summed E-state index contributed by atoms with van der Waals surface area (Å²) in [6.07, 6.45) is 0. The summed E-state index contributed by atoms with van der Waals surface area (Å²) in [6.45, 7) is 0.183. The zero-order valence-electron chi connectivity index (χ0n) is 9.86. The average molecular weight is 280 g/mol. The van der Waals surface area contributed by atoms with Crippen LogP contribution in [-0.4, -0.2) is 11.0 Å². The molecule has 0 radical (unpaired) electrons. The summed E-state index contributed by atoms with van der Waals surface area (Å²) < 4.78 is 13.0. The van der Waals surface area contributed by atoms with E-state index in [0.717, 1.165) is 0 Å². The highest BCUT2D eigenvalue weighted by Gasteiger charge is 2.10. The third-order valence-electron chi connectivity index (χ3n) is 2.54. The third kappa shape index (κ3) is 3.45. The molecule has 0 aliphatic rings. The molecule has 1 amide bonds. The molecule has 0 saturated carbocycles. The number of phenols is 1. The second-order valence-corrected chi connectivity index (χ2v) is 4.38. The van der Waals surface area contributed by atoms with Gasteiger partial charge in [0.05, 0.1) is 10.6 Å². The third-order valence-corrected chi connectivity index (χ3v) is 2.87. The first-order valence-electron chi connectivity index (χ1n) is 5.57. The van der Waals surface area contributed by atoms with Crippen molar-refractivity contribution in [2.24, 2.45) is 0 Å². The van der Waals surface area contributed by atoms with Crippen molar-refractivity contribution in [2.45, 2.75) is 6.54 Å². The minimum Gasteiger partial charge on any atom is -0.508 e. The van der Waals surface area contributed by atoms with E-state index in [1.165, 1.54) is 30.3 Å². The summed E-state index contributed by atoms with van der Waals surface area (Å²) in [5.74, 6) is -0.826. The van der Waals surface area contributed by atoms with Crippen molar-refractivity contribution in [1.82, 2.24) is 5.32 Å². The summed E-state index contributed by atoms with van der Waals surface area (Å²) in [6, 6.07) is 10.1. The summed E-state index contributed by atoms with van der Waals surface area (Å²) in [7, 11) is 0. The van der Waals surface area contributed by atoms with Crippen LogP contribution in [0, 0.1) is 5.82 Å². The molecule has 0 unspecified atom stereocenters. The van der Waals surface area contributed by atoms with Crippen molar-refractivity contribution in [3.8, 4) is 5.75 Å². The number of amides is 1. The summed E-state index contributed by atoms with van der Waals surface area (Å²) in [5.41, 5.74) is 0.822. The van der Waals surface area contributed by atoms with Crippen LogP contribution in [0.1, 0.15) is 15.9 Å². The smallest absolute Gasteiger partial charge is 0.253 e. The molecule has 2 N–H and O–H groups in total. The summed E-state index contributed by atoms with van der Waals surface area (Å²) >= 11 is 5.87. The van der Waals surface area contributed by atoms with Crippen LogP contribution in [0.15, 0.2) is 42.5 Å². The molecule has 98 valence electrons. The Morgan fingerprint density at radius 2 is 2.05 bits per heavy atom. The van der Waals surface area contributed by atoms with E-state index in [2.05, 4.69) is 5.32 Å². The van der Waals surface area contributed by atoms with Gasteiger partial charge in [0.1, 0.15) is 11.6 Å². The summed E-state index contributed by atoms with van der Waals surface area (Å²) in [5, 5.41) is 12.2. The van der Waals surface area contributed by atoms with Gasteiger partial charge in [-0.3, -0.25) is 4.79 Å². The molecule has 2 rings (SSSR count). The van der Waals surface area contributed by atoms with Crippen molar-refractivity contribution in [3.05, 3.63) is 64.4 Å². The highest BCUT2D eigenvalue weighted by molar-refractivity contribution is 6.33. The van der Waals surface area contributed by atoms with E-state index in [0.29, 0.717) is 5.56 Å². The minimum absolute atomic E-state index is 0.0414. The minimum atomic E-state index is -0.426. The second-order valence-electron chi connectivity index (χ2n) is 3.98. The van der Waals surface area contributed by atoms with E-state index in [-0.39, 0.29) is 28.7 Å². The Labute approximate surface area is 114 Å². The lowest BCUT2D eigenvalue weighted by Gasteiger charge is -2.07. The average Bonchev–Trinajstić information content (AvgIpc) is 2.39. The van der Waals surface area contributed by atoms with Gasteiger partial charge in [-0.2, -0.15) is 0 Å². The molecule has 19 heavy (non-hydrogen) atoms. The topological polar surface area (TPSA) is 49.3 Å². The molecule has 0 fully saturated rings. The van der Waals surface area contributed by atoms with Gasteiger partial charge in [0.15, 0.2) is 0 Å². The molecule has 0 aromatic heterocycles. The Hall–Kier alpha value is -2.07. The molecule has 0 saturated heterocycles. The van der Waals surface area contributed by atoms with Crippen molar-refractivity contribution < 1.29 is 14.3 Å². The number of hydrogen-bond acceptors (Lipinski definition) is 2. The number of benzene rings is 2. The number of nitrogens with one attached hydrogen (secondary N) is 1. The molecule has 0 aliphatic carbocycles. The standard InChI is InChI=1S/C14H11ClFNO2/c15-13-5-4-11(18)7-12(13)14(19)17-8-9-2-1-3-10(16)6-9/h1-7,18H,8H2,(H,17,19). The first-order chi connectivity index (χ1) is 9.06. The fraction of sp³-hybridized carbons (Fsp3) is 0.0714. The molecule has 0 atom stereocenters. The molecular weight excluding hydrogens is 269 g/mol. The van der Waals surface area contributed by atoms with E-state index in [1.54, 1.807) is 12.1 Å². The number of phenolic OH excluding ortho intramolecular Hbond substituents is 1. The van der Waals surface area contributed by atoms with Gasteiger partial charge in [-0.25, -0.2) is 4.39 Å². The SMILES string of the molecule is O=C(NCc1cccc(F)c1)c1cc(O)ccc1Cl. The highest BCUT2D eigenvalue weighted by atomic mass is 35.5. The largest absolute Gasteiger partial charge is 0.508 e. The van der Waals surface area contributed by atoms with E-state index in [1.807, 2.05) is 0 Å². The Kier molecular flexibility index (Phi) is 4.02. The van der Waals surface area contributed by atoms with Crippen molar-refractivity contribution in [3.63, 3.8) is 0 Å². The van der Waals surface area contributed by atoms with E-state index in [4.69, 9.17) is 11.6 Å². The predicted molar refractivity (Wildman–Crippen MR) is 70.7 cm³/mol. The lowest BCUT2D eigenvalue weighted by molar-refractivity contribution is 0.0950. The van der Waals surface area contributed by atoms with E-state index < -0.39 is 5.91 Å². The zero-order valence-corrected chi connectivity index (χ0v) is 10.6. The van der Waals surface area contributed by atoms with Gasteiger partial charge in [-0.1, -0.05) is 23.7 Å². The molecule has 2 aromatic rings. The molecule has 0 bridgehead atoms. The normalized spacial score (nSPS) is 10.2. The molecule has 0 aliphatic heterocycles. The van der Waals surface area contributed by atoms with Crippen LogP contribution in [0.3, 0.4) is 0 Å². The molecule has 0 heterocycles. The van der Waals surface area contributed by atoms with Gasteiger partial charge in [-0.05, 0) is 35.9 Å². The number of hydrogen-bond donors (Lipinski definition) is 2. The maximum atomic E-state index is 13.0. The van der Waals surface area contributed by atoms with Crippen LogP contribution in [0.4, 0.5) is 4.39 Å². The van der Waals surface area contributed by atoms with Crippen LogP contribution >= 0.6 is 11.6 Å². The van der Waals surface area contributed by atoms with Gasteiger partial charge >= 0.3 is 0 Å². The van der Waals surface area contributed by atoms with Gasteiger partial charge in [0.2, 0.25) is 0 Å². The fourth-order valence-corrected chi connectivity index (χ4v) is 1.82. The fourth-order valence-electron chi connectivity index (χ4n) is 1.61. The van der Waals surface area contributed by atoms with Crippen LogP contribution in [0.2, 0.25) is 5.02 Å². The highest BCUT2D eigenvalue weighted by Crippen LogP contribution is 2.21. The molecule has 5 heteroatoms. The first kappa shape index (κ1) is 13.4.